The zero-order valence-corrected chi connectivity index (χ0v) is 13.2. The molecule has 0 bridgehead atoms. The standard InChI is InChI=1S/C16H25FN2O2/c1-5-21-15-7-6-13(10-14(15)17)19-12(4)16(20)18-9-8-11(2)3/h6-7,10-12,19H,5,8-9H2,1-4H3,(H,18,20). The molecule has 0 heterocycles. The average molecular weight is 296 g/mol. The van der Waals surface area contributed by atoms with Gasteiger partial charge in [0, 0.05) is 18.3 Å². The fourth-order valence-corrected chi connectivity index (χ4v) is 1.82. The molecule has 1 rings (SSSR count). The van der Waals surface area contributed by atoms with E-state index in [0.29, 0.717) is 24.8 Å². The van der Waals surface area contributed by atoms with E-state index in [1.165, 1.54) is 6.07 Å². The van der Waals surface area contributed by atoms with E-state index in [1.54, 1.807) is 26.0 Å². The lowest BCUT2D eigenvalue weighted by Crippen LogP contribution is -2.38. The highest BCUT2D eigenvalue weighted by Crippen LogP contribution is 2.21. The summed E-state index contributed by atoms with van der Waals surface area (Å²) >= 11 is 0. The van der Waals surface area contributed by atoms with Crippen molar-refractivity contribution in [1.82, 2.24) is 5.32 Å². The van der Waals surface area contributed by atoms with Crippen LogP contribution in [0.15, 0.2) is 18.2 Å². The molecule has 0 aliphatic rings. The number of benzene rings is 1. The van der Waals surface area contributed by atoms with E-state index in [1.807, 2.05) is 0 Å². The van der Waals surface area contributed by atoms with Gasteiger partial charge >= 0.3 is 0 Å². The van der Waals surface area contributed by atoms with E-state index in [-0.39, 0.29) is 11.7 Å². The van der Waals surface area contributed by atoms with Crippen molar-refractivity contribution in [3.05, 3.63) is 24.0 Å². The molecule has 0 saturated heterocycles. The molecule has 1 amide bonds. The summed E-state index contributed by atoms with van der Waals surface area (Å²) in [7, 11) is 0. The van der Waals surface area contributed by atoms with Crippen molar-refractivity contribution in [3.8, 4) is 5.75 Å². The molecule has 0 aromatic heterocycles. The number of carbonyl (C=O) groups is 1. The number of ether oxygens (including phenoxy) is 1. The number of anilines is 1. The van der Waals surface area contributed by atoms with E-state index >= 15 is 0 Å². The molecule has 0 aliphatic carbocycles. The highest BCUT2D eigenvalue weighted by molar-refractivity contribution is 5.84. The van der Waals surface area contributed by atoms with Crippen LogP contribution in [-0.2, 0) is 4.79 Å². The molecule has 0 radical (unpaired) electrons. The first-order valence-electron chi connectivity index (χ1n) is 7.40. The summed E-state index contributed by atoms with van der Waals surface area (Å²) in [5, 5.41) is 5.84. The number of hydrogen-bond donors (Lipinski definition) is 2. The molecule has 1 atom stereocenters. The van der Waals surface area contributed by atoms with Gasteiger partial charge in [0.25, 0.3) is 0 Å². The van der Waals surface area contributed by atoms with Gasteiger partial charge in [0.2, 0.25) is 5.91 Å². The molecular weight excluding hydrogens is 271 g/mol. The first-order valence-corrected chi connectivity index (χ1v) is 7.40. The van der Waals surface area contributed by atoms with Crippen molar-refractivity contribution in [2.24, 2.45) is 5.92 Å². The van der Waals surface area contributed by atoms with Crippen molar-refractivity contribution >= 4 is 11.6 Å². The SMILES string of the molecule is CCOc1ccc(NC(C)C(=O)NCCC(C)C)cc1F. The summed E-state index contributed by atoms with van der Waals surface area (Å²) in [6, 6.07) is 4.17. The number of halogens is 1. The molecule has 1 unspecified atom stereocenters. The molecule has 1 aromatic carbocycles. The van der Waals surface area contributed by atoms with Crippen LogP contribution in [0.4, 0.5) is 10.1 Å². The largest absolute Gasteiger partial charge is 0.491 e. The van der Waals surface area contributed by atoms with Crippen LogP contribution in [0.2, 0.25) is 0 Å². The van der Waals surface area contributed by atoms with Crippen LogP contribution in [0, 0.1) is 11.7 Å². The second kappa shape index (κ2) is 8.49. The number of hydrogen-bond acceptors (Lipinski definition) is 3. The summed E-state index contributed by atoms with van der Waals surface area (Å²) in [6.07, 6.45) is 0.941. The lowest BCUT2D eigenvalue weighted by Gasteiger charge is -2.16. The Bertz CT molecular complexity index is 464. The normalized spacial score (nSPS) is 12.1. The fraction of sp³-hybridized carbons (Fsp3) is 0.562. The third-order valence-corrected chi connectivity index (χ3v) is 3.03. The van der Waals surface area contributed by atoms with Crippen molar-refractivity contribution in [1.29, 1.82) is 0 Å². The number of amides is 1. The summed E-state index contributed by atoms with van der Waals surface area (Å²) < 4.78 is 18.9. The second-order valence-corrected chi connectivity index (χ2v) is 5.42. The van der Waals surface area contributed by atoms with Crippen LogP contribution in [0.5, 0.6) is 5.75 Å². The predicted molar refractivity (Wildman–Crippen MR) is 83.1 cm³/mol. The van der Waals surface area contributed by atoms with Crippen molar-refractivity contribution in [3.63, 3.8) is 0 Å². The topological polar surface area (TPSA) is 50.4 Å². The van der Waals surface area contributed by atoms with Gasteiger partial charge < -0.3 is 15.4 Å². The zero-order chi connectivity index (χ0) is 15.8. The number of carbonyl (C=O) groups excluding carboxylic acids is 1. The Hall–Kier alpha value is -1.78. The first kappa shape index (κ1) is 17.3. The van der Waals surface area contributed by atoms with Gasteiger partial charge in [-0.25, -0.2) is 4.39 Å². The van der Waals surface area contributed by atoms with E-state index in [4.69, 9.17) is 4.74 Å². The Morgan fingerprint density at radius 3 is 2.62 bits per heavy atom. The van der Waals surface area contributed by atoms with Gasteiger partial charge in [0.05, 0.1) is 6.61 Å². The summed E-state index contributed by atoms with van der Waals surface area (Å²) in [5.74, 6) is 0.241. The third-order valence-electron chi connectivity index (χ3n) is 3.03. The summed E-state index contributed by atoms with van der Waals surface area (Å²) in [4.78, 5) is 11.9. The van der Waals surface area contributed by atoms with Crippen LogP contribution >= 0.6 is 0 Å². The van der Waals surface area contributed by atoms with Gasteiger partial charge in [-0.2, -0.15) is 0 Å². The Balaban J connectivity index is 2.52. The van der Waals surface area contributed by atoms with E-state index in [0.717, 1.165) is 6.42 Å². The van der Waals surface area contributed by atoms with Crippen molar-refractivity contribution in [2.45, 2.75) is 40.2 Å². The van der Waals surface area contributed by atoms with Gasteiger partial charge in [-0.3, -0.25) is 4.79 Å². The minimum absolute atomic E-state index is 0.0926. The lowest BCUT2D eigenvalue weighted by atomic mass is 10.1. The maximum Gasteiger partial charge on any atom is 0.242 e. The highest BCUT2D eigenvalue weighted by atomic mass is 19.1. The third kappa shape index (κ3) is 6.02. The quantitative estimate of drug-likeness (QED) is 0.774. The molecule has 0 spiro atoms. The average Bonchev–Trinajstić information content (AvgIpc) is 2.41. The molecular formula is C16H25FN2O2. The van der Waals surface area contributed by atoms with E-state index < -0.39 is 11.9 Å². The highest BCUT2D eigenvalue weighted by Gasteiger charge is 2.13. The molecule has 0 fully saturated rings. The molecule has 118 valence electrons. The maximum absolute atomic E-state index is 13.7. The molecule has 1 aromatic rings. The molecule has 2 N–H and O–H groups in total. The van der Waals surface area contributed by atoms with E-state index in [2.05, 4.69) is 24.5 Å². The van der Waals surface area contributed by atoms with Gasteiger partial charge in [0.15, 0.2) is 11.6 Å². The Labute approximate surface area is 126 Å². The van der Waals surface area contributed by atoms with Gasteiger partial charge in [0.1, 0.15) is 6.04 Å². The van der Waals surface area contributed by atoms with Gasteiger partial charge in [-0.1, -0.05) is 13.8 Å². The molecule has 5 heteroatoms. The molecule has 0 saturated carbocycles. The monoisotopic (exact) mass is 296 g/mol. The minimum atomic E-state index is -0.436. The Morgan fingerprint density at radius 2 is 2.05 bits per heavy atom. The van der Waals surface area contributed by atoms with Crippen molar-refractivity contribution in [2.75, 3.05) is 18.5 Å². The van der Waals surface area contributed by atoms with Crippen LogP contribution in [0.1, 0.15) is 34.1 Å². The van der Waals surface area contributed by atoms with Crippen LogP contribution in [-0.4, -0.2) is 25.1 Å². The second-order valence-electron chi connectivity index (χ2n) is 5.42. The summed E-state index contributed by atoms with van der Waals surface area (Å²) in [5.41, 5.74) is 0.558. The Morgan fingerprint density at radius 1 is 1.33 bits per heavy atom. The first-order chi connectivity index (χ1) is 9.93. The number of rotatable bonds is 8. The van der Waals surface area contributed by atoms with Crippen LogP contribution < -0.4 is 15.4 Å². The maximum atomic E-state index is 13.7. The van der Waals surface area contributed by atoms with Gasteiger partial charge in [-0.05, 0) is 38.3 Å². The molecule has 4 nitrogen and oxygen atoms in total. The van der Waals surface area contributed by atoms with E-state index in [9.17, 15) is 9.18 Å². The summed E-state index contributed by atoms with van der Waals surface area (Å²) in [6.45, 7) is 8.83. The molecule has 0 aliphatic heterocycles. The lowest BCUT2D eigenvalue weighted by molar-refractivity contribution is -0.121. The Kier molecular flexibility index (Phi) is 6.99. The zero-order valence-electron chi connectivity index (χ0n) is 13.2. The number of nitrogens with one attached hydrogen (secondary N) is 2. The van der Waals surface area contributed by atoms with Crippen LogP contribution in [0.25, 0.3) is 0 Å². The fourth-order valence-electron chi connectivity index (χ4n) is 1.82. The predicted octanol–water partition coefficient (Wildman–Crippen LogP) is 3.19. The van der Waals surface area contributed by atoms with Crippen molar-refractivity contribution < 1.29 is 13.9 Å². The smallest absolute Gasteiger partial charge is 0.242 e. The van der Waals surface area contributed by atoms with Gasteiger partial charge in [-0.15, -0.1) is 0 Å². The molecule has 21 heavy (non-hydrogen) atoms. The minimum Gasteiger partial charge on any atom is -0.491 e. The van der Waals surface area contributed by atoms with Crippen LogP contribution in [0.3, 0.4) is 0 Å².